The van der Waals surface area contributed by atoms with Gasteiger partial charge in [0, 0.05) is 24.8 Å². The fraction of sp³-hybridized carbons (Fsp3) is 0.364. The van der Waals surface area contributed by atoms with Crippen LogP contribution in [0.5, 0.6) is 0 Å². The highest BCUT2D eigenvalue weighted by atomic mass is 16.5. The summed E-state index contributed by atoms with van der Waals surface area (Å²) in [6.07, 6.45) is 3.99. The predicted octanol–water partition coefficient (Wildman–Crippen LogP) is 0.995. The van der Waals surface area contributed by atoms with E-state index in [0.29, 0.717) is 0 Å². The normalized spacial score (nSPS) is 22.0. The minimum atomic E-state index is 0.138. The van der Waals surface area contributed by atoms with Gasteiger partial charge in [0.05, 0.1) is 24.4 Å². The molecule has 1 atom stereocenters. The highest BCUT2D eigenvalue weighted by Crippen LogP contribution is 2.22. The van der Waals surface area contributed by atoms with E-state index in [1.807, 2.05) is 29.0 Å². The molecule has 0 aliphatic carbocycles. The summed E-state index contributed by atoms with van der Waals surface area (Å²) in [5.41, 5.74) is 2.30. The van der Waals surface area contributed by atoms with Crippen molar-refractivity contribution in [1.82, 2.24) is 14.9 Å². The molecule has 78 valence electrons. The molecule has 1 N–H and O–H groups in total. The molecule has 3 heterocycles. The van der Waals surface area contributed by atoms with Crippen LogP contribution in [0, 0.1) is 0 Å². The Bertz CT molecular complexity index is 460. The molecule has 0 radical (unpaired) electrons. The minimum absolute atomic E-state index is 0.138. The van der Waals surface area contributed by atoms with Crippen LogP contribution in [0.15, 0.2) is 30.6 Å². The summed E-state index contributed by atoms with van der Waals surface area (Å²) < 4.78 is 7.60. The van der Waals surface area contributed by atoms with Crippen molar-refractivity contribution in [2.24, 2.45) is 0 Å². The van der Waals surface area contributed by atoms with Gasteiger partial charge < -0.3 is 10.1 Å². The van der Waals surface area contributed by atoms with Gasteiger partial charge in [-0.2, -0.15) is 5.10 Å². The molecule has 0 bridgehead atoms. The standard InChI is InChI=1S/C11H13N3O/c1-2-5-14-10(3-1)9(7-13-14)11-8-12-4-6-15-11/h1-3,5,7,11-12H,4,6,8H2. The summed E-state index contributed by atoms with van der Waals surface area (Å²) in [7, 11) is 0. The van der Waals surface area contributed by atoms with Crippen molar-refractivity contribution in [1.29, 1.82) is 0 Å². The van der Waals surface area contributed by atoms with Crippen LogP contribution in [0.4, 0.5) is 0 Å². The van der Waals surface area contributed by atoms with Gasteiger partial charge in [0.15, 0.2) is 0 Å². The lowest BCUT2D eigenvalue weighted by Crippen LogP contribution is -2.33. The number of hydrogen-bond donors (Lipinski definition) is 1. The highest BCUT2D eigenvalue weighted by Gasteiger charge is 2.19. The van der Waals surface area contributed by atoms with E-state index in [-0.39, 0.29) is 6.10 Å². The number of pyridine rings is 1. The van der Waals surface area contributed by atoms with Gasteiger partial charge in [0.25, 0.3) is 0 Å². The van der Waals surface area contributed by atoms with E-state index < -0.39 is 0 Å². The molecule has 4 nitrogen and oxygen atoms in total. The Morgan fingerprint density at radius 2 is 2.47 bits per heavy atom. The van der Waals surface area contributed by atoms with Crippen LogP contribution >= 0.6 is 0 Å². The SMILES string of the molecule is c1ccn2ncc(C3CNCCO3)c2c1. The zero-order valence-electron chi connectivity index (χ0n) is 8.39. The van der Waals surface area contributed by atoms with E-state index in [2.05, 4.69) is 16.5 Å². The number of hydrogen-bond acceptors (Lipinski definition) is 3. The first kappa shape index (κ1) is 8.88. The Balaban J connectivity index is 2.02. The van der Waals surface area contributed by atoms with E-state index in [9.17, 15) is 0 Å². The molecule has 1 fully saturated rings. The smallest absolute Gasteiger partial charge is 0.0986 e. The first-order valence-corrected chi connectivity index (χ1v) is 5.20. The molecule has 1 saturated heterocycles. The third kappa shape index (κ3) is 1.52. The maximum Gasteiger partial charge on any atom is 0.0986 e. The maximum atomic E-state index is 5.71. The molecule has 2 aromatic heterocycles. The van der Waals surface area contributed by atoms with Gasteiger partial charge >= 0.3 is 0 Å². The largest absolute Gasteiger partial charge is 0.371 e. The number of rotatable bonds is 1. The molecular formula is C11H13N3O. The quantitative estimate of drug-likeness (QED) is 0.751. The van der Waals surface area contributed by atoms with Crippen LogP contribution in [-0.4, -0.2) is 29.3 Å². The first-order valence-electron chi connectivity index (χ1n) is 5.20. The molecule has 4 heteroatoms. The van der Waals surface area contributed by atoms with E-state index >= 15 is 0 Å². The van der Waals surface area contributed by atoms with Crippen molar-refractivity contribution in [3.63, 3.8) is 0 Å². The lowest BCUT2D eigenvalue weighted by Gasteiger charge is -2.22. The average molecular weight is 203 g/mol. The summed E-state index contributed by atoms with van der Waals surface area (Å²) in [5, 5.41) is 7.63. The average Bonchev–Trinajstić information content (AvgIpc) is 2.74. The van der Waals surface area contributed by atoms with Crippen molar-refractivity contribution >= 4 is 5.52 Å². The van der Waals surface area contributed by atoms with Crippen molar-refractivity contribution in [2.45, 2.75) is 6.10 Å². The molecule has 0 aromatic carbocycles. The fourth-order valence-corrected chi connectivity index (χ4v) is 1.97. The van der Waals surface area contributed by atoms with Crippen molar-refractivity contribution in [3.8, 4) is 0 Å². The lowest BCUT2D eigenvalue weighted by atomic mass is 10.1. The monoisotopic (exact) mass is 203 g/mol. The molecule has 3 rings (SSSR count). The second kappa shape index (κ2) is 3.64. The molecule has 0 amide bonds. The molecular weight excluding hydrogens is 190 g/mol. The second-order valence-electron chi connectivity index (χ2n) is 3.69. The fourth-order valence-electron chi connectivity index (χ4n) is 1.97. The molecule has 0 saturated carbocycles. The Morgan fingerprint density at radius 1 is 1.47 bits per heavy atom. The summed E-state index contributed by atoms with van der Waals surface area (Å²) in [5.74, 6) is 0. The minimum Gasteiger partial charge on any atom is -0.371 e. The zero-order valence-corrected chi connectivity index (χ0v) is 8.39. The van der Waals surface area contributed by atoms with Crippen molar-refractivity contribution in [3.05, 3.63) is 36.2 Å². The van der Waals surface area contributed by atoms with E-state index in [1.165, 1.54) is 5.56 Å². The Labute approximate surface area is 87.9 Å². The number of ether oxygens (including phenoxy) is 1. The van der Waals surface area contributed by atoms with Gasteiger partial charge in [-0.05, 0) is 12.1 Å². The van der Waals surface area contributed by atoms with Gasteiger partial charge in [-0.25, -0.2) is 4.52 Å². The van der Waals surface area contributed by atoms with Crippen LogP contribution in [0.25, 0.3) is 5.52 Å². The van der Waals surface area contributed by atoms with Crippen LogP contribution in [0.2, 0.25) is 0 Å². The van der Waals surface area contributed by atoms with E-state index in [4.69, 9.17) is 4.74 Å². The zero-order chi connectivity index (χ0) is 10.1. The van der Waals surface area contributed by atoms with Crippen LogP contribution in [-0.2, 0) is 4.74 Å². The summed E-state index contributed by atoms with van der Waals surface area (Å²) in [6, 6.07) is 6.07. The number of aromatic nitrogens is 2. The van der Waals surface area contributed by atoms with Crippen molar-refractivity contribution in [2.75, 3.05) is 19.7 Å². The Kier molecular flexibility index (Phi) is 2.16. The number of nitrogens with zero attached hydrogens (tertiary/aromatic N) is 2. The van der Waals surface area contributed by atoms with Crippen molar-refractivity contribution < 1.29 is 4.74 Å². The predicted molar refractivity (Wildman–Crippen MR) is 56.8 cm³/mol. The van der Waals surface area contributed by atoms with Gasteiger partial charge in [-0.15, -0.1) is 0 Å². The number of fused-ring (bicyclic) bond motifs is 1. The Hall–Kier alpha value is -1.39. The van der Waals surface area contributed by atoms with E-state index in [0.717, 1.165) is 25.2 Å². The van der Waals surface area contributed by atoms with Gasteiger partial charge in [0.2, 0.25) is 0 Å². The topological polar surface area (TPSA) is 38.6 Å². The molecule has 15 heavy (non-hydrogen) atoms. The molecule has 0 spiro atoms. The Morgan fingerprint density at radius 3 is 3.33 bits per heavy atom. The van der Waals surface area contributed by atoms with Crippen LogP contribution < -0.4 is 5.32 Å². The van der Waals surface area contributed by atoms with Gasteiger partial charge in [-0.1, -0.05) is 6.07 Å². The summed E-state index contributed by atoms with van der Waals surface area (Å²) in [6.45, 7) is 2.58. The highest BCUT2D eigenvalue weighted by molar-refractivity contribution is 5.54. The third-order valence-electron chi connectivity index (χ3n) is 2.73. The molecule has 2 aromatic rings. The second-order valence-corrected chi connectivity index (χ2v) is 3.69. The first-order chi connectivity index (χ1) is 7.45. The van der Waals surface area contributed by atoms with Gasteiger partial charge in [-0.3, -0.25) is 0 Å². The maximum absolute atomic E-state index is 5.71. The van der Waals surface area contributed by atoms with E-state index in [1.54, 1.807) is 0 Å². The molecule has 1 aliphatic rings. The summed E-state index contributed by atoms with van der Waals surface area (Å²) in [4.78, 5) is 0. The number of nitrogens with one attached hydrogen (secondary N) is 1. The number of morpholine rings is 1. The van der Waals surface area contributed by atoms with Crippen LogP contribution in [0.3, 0.4) is 0 Å². The van der Waals surface area contributed by atoms with Gasteiger partial charge in [0.1, 0.15) is 0 Å². The molecule has 1 aliphatic heterocycles. The summed E-state index contributed by atoms with van der Waals surface area (Å²) >= 11 is 0. The van der Waals surface area contributed by atoms with Crippen LogP contribution in [0.1, 0.15) is 11.7 Å². The molecule has 1 unspecified atom stereocenters. The lowest BCUT2D eigenvalue weighted by molar-refractivity contribution is 0.0285. The third-order valence-corrected chi connectivity index (χ3v) is 2.73.